The average Bonchev–Trinajstić information content (AvgIpc) is 3.35. The maximum absolute atomic E-state index is 12.5. The summed E-state index contributed by atoms with van der Waals surface area (Å²) >= 11 is 7.61. The summed E-state index contributed by atoms with van der Waals surface area (Å²) in [7, 11) is 0. The lowest BCUT2D eigenvalue weighted by Crippen LogP contribution is -2.38. The Bertz CT molecular complexity index is 1110. The molecule has 0 atom stereocenters. The number of hydrogen-bond donors (Lipinski definition) is 2. The fourth-order valence-electron chi connectivity index (χ4n) is 3.17. The second-order valence-corrected chi connectivity index (χ2v) is 8.06. The molecule has 0 aliphatic carbocycles. The Morgan fingerprint density at radius 1 is 1.34 bits per heavy atom. The minimum Gasteiger partial charge on any atom is -0.350 e. The molecule has 2 aromatic heterocycles. The number of benzene rings is 1. The first-order chi connectivity index (χ1) is 13.9. The summed E-state index contributed by atoms with van der Waals surface area (Å²) in [4.78, 5) is 38.2. The molecule has 2 N–H and O–H groups in total. The summed E-state index contributed by atoms with van der Waals surface area (Å²) in [6, 6.07) is 8.97. The SMILES string of the molecule is Cc1nn(Cc2ccccc2Cl)c2sc(C(=O)NCCN3C(=O)CNC3=O)cc12. The van der Waals surface area contributed by atoms with Gasteiger partial charge in [0, 0.05) is 23.5 Å². The lowest BCUT2D eigenvalue weighted by molar-refractivity contribution is -0.124. The second-order valence-electron chi connectivity index (χ2n) is 6.62. The third kappa shape index (κ3) is 3.83. The normalized spacial score (nSPS) is 13.9. The number of fused-ring (bicyclic) bond motifs is 1. The molecule has 1 aliphatic rings. The van der Waals surface area contributed by atoms with E-state index < -0.39 is 6.03 Å². The van der Waals surface area contributed by atoms with Gasteiger partial charge in [0.2, 0.25) is 5.91 Å². The van der Waals surface area contributed by atoms with Crippen LogP contribution >= 0.6 is 22.9 Å². The fourth-order valence-corrected chi connectivity index (χ4v) is 4.44. The summed E-state index contributed by atoms with van der Waals surface area (Å²) in [5.41, 5.74) is 1.79. The number of carbonyl (C=O) groups is 3. The topological polar surface area (TPSA) is 96.3 Å². The van der Waals surface area contributed by atoms with Gasteiger partial charge in [-0.25, -0.2) is 4.79 Å². The van der Waals surface area contributed by atoms with E-state index in [1.807, 2.05) is 41.9 Å². The van der Waals surface area contributed by atoms with Gasteiger partial charge in [0.15, 0.2) is 0 Å². The zero-order valence-corrected chi connectivity index (χ0v) is 17.1. The van der Waals surface area contributed by atoms with Crippen molar-refractivity contribution in [3.63, 3.8) is 0 Å². The fraction of sp³-hybridized carbons (Fsp3) is 0.263. The number of nitrogens with zero attached hydrogens (tertiary/aromatic N) is 3. The van der Waals surface area contributed by atoms with Crippen molar-refractivity contribution in [1.29, 1.82) is 0 Å². The monoisotopic (exact) mass is 431 g/mol. The third-order valence-electron chi connectivity index (χ3n) is 4.67. The quantitative estimate of drug-likeness (QED) is 0.586. The van der Waals surface area contributed by atoms with E-state index in [0.717, 1.165) is 26.4 Å². The number of aryl methyl sites for hydroxylation is 1. The summed E-state index contributed by atoms with van der Waals surface area (Å²) < 4.78 is 1.85. The molecule has 0 radical (unpaired) electrons. The van der Waals surface area contributed by atoms with Gasteiger partial charge in [-0.15, -0.1) is 11.3 Å². The van der Waals surface area contributed by atoms with Crippen LogP contribution in [0, 0.1) is 6.92 Å². The Morgan fingerprint density at radius 3 is 2.86 bits per heavy atom. The first kappa shape index (κ1) is 19.4. The number of urea groups is 1. The number of thiophene rings is 1. The first-order valence-electron chi connectivity index (χ1n) is 9.01. The second kappa shape index (κ2) is 7.84. The van der Waals surface area contributed by atoms with Crippen molar-refractivity contribution in [2.45, 2.75) is 13.5 Å². The number of rotatable bonds is 6. The molecule has 3 aromatic rings. The van der Waals surface area contributed by atoms with Crippen molar-refractivity contribution in [2.75, 3.05) is 19.6 Å². The molecule has 0 spiro atoms. The van der Waals surface area contributed by atoms with Crippen molar-refractivity contribution < 1.29 is 14.4 Å². The highest BCUT2D eigenvalue weighted by molar-refractivity contribution is 7.20. The van der Waals surface area contributed by atoms with Crippen LogP contribution in [0.15, 0.2) is 30.3 Å². The molecular weight excluding hydrogens is 414 g/mol. The van der Waals surface area contributed by atoms with Crippen LogP contribution in [0.5, 0.6) is 0 Å². The van der Waals surface area contributed by atoms with Gasteiger partial charge in [0.1, 0.15) is 4.83 Å². The molecule has 1 fully saturated rings. The smallest absolute Gasteiger partial charge is 0.324 e. The minimum atomic E-state index is -0.429. The Morgan fingerprint density at radius 2 is 2.14 bits per heavy atom. The standard InChI is InChI=1S/C19H18ClN5O3S/c1-11-13-8-15(17(27)21-6-7-24-16(26)9-22-19(24)28)29-18(13)25(23-11)10-12-4-2-3-5-14(12)20/h2-5,8H,6-7,9-10H2,1H3,(H,21,27)(H,22,28). The van der Waals surface area contributed by atoms with Crippen molar-refractivity contribution in [1.82, 2.24) is 25.3 Å². The maximum Gasteiger partial charge on any atom is 0.324 e. The molecule has 10 heteroatoms. The highest BCUT2D eigenvalue weighted by Gasteiger charge is 2.28. The molecular formula is C19H18ClN5O3S. The number of amides is 4. The number of aromatic nitrogens is 2. The maximum atomic E-state index is 12.5. The van der Waals surface area contributed by atoms with Gasteiger partial charge >= 0.3 is 6.03 Å². The van der Waals surface area contributed by atoms with E-state index in [0.29, 0.717) is 16.4 Å². The van der Waals surface area contributed by atoms with E-state index in [4.69, 9.17) is 11.6 Å². The average molecular weight is 432 g/mol. The summed E-state index contributed by atoms with van der Waals surface area (Å²) in [6.45, 7) is 2.75. The van der Waals surface area contributed by atoms with E-state index in [-0.39, 0.29) is 31.4 Å². The zero-order chi connectivity index (χ0) is 20.5. The molecule has 0 saturated carbocycles. The predicted molar refractivity (Wildman–Crippen MR) is 110 cm³/mol. The van der Waals surface area contributed by atoms with Crippen molar-refractivity contribution in [3.8, 4) is 0 Å². The zero-order valence-electron chi connectivity index (χ0n) is 15.6. The van der Waals surface area contributed by atoms with Crippen LogP contribution < -0.4 is 10.6 Å². The summed E-state index contributed by atoms with van der Waals surface area (Å²) in [5.74, 6) is -0.539. The van der Waals surface area contributed by atoms with Gasteiger partial charge < -0.3 is 10.6 Å². The number of carbonyl (C=O) groups excluding carboxylic acids is 3. The van der Waals surface area contributed by atoms with E-state index in [9.17, 15) is 14.4 Å². The van der Waals surface area contributed by atoms with Crippen molar-refractivity contribution in [2.24, 2.45) is 0 Å². The van der Waals surface area contributed by atoms with Gasteiger partial charge in [-0.3, -0.25) is 19.2 Å². The molecule has 1 saturated heterocycles. The van der Waals surface area contributed by atoms with Crippen LogP contribution in [0.2, 0.25) is 5.02 Å². The molecule has 4 amide bonds. The highest BCUT2D eigenvalue weighted by atomic mass is 35.5. The van der Waals surface area contributed by atoms with Gasteiger partial charge in [0.25, 0.3) is 5.91 Å². The Hall–Kier alpha value is -2.91. The van der Waals surface area contributed by atoms with E-state index in [1.165, 1.54) is 11.3 Å². The van der Waals surface area contributed by atoms with Gasteiger partial charge in [-0.05, 0) is 24.6 Å². The van der Waals surface area contributed by atoms with Crippen LogP contribution in [-0.4, -0.2) is 52.2 Å². The van der Waals surface area contributed by atoms with Crippen molar-refractivity contribution >= 4 is 51.0 Å². The van der Waals surface area contributed by atoms with E-state index in [2.05, 4.69) is 15.7 Å². The number of imide groups is 1. The number of hydrogen-bond acceptors (Lipinski definition) is 5. The molecule has 4 rings (SSSR count). The molecule has 8 nitrogen and oxygen atoms in total. The number of halogens is 1. The number of nitrogens with one attached hydrogen (secondary N) is 2. The molecule has 1 aliphatic heterocycles. The lowest BCUT2D eigenvalue weighted by Gasteiger charge is -2.12. The van der Waals surface area contributed by atoms with Gasteiger partial charge in [0.05, 0.1) is 23.7 Å². The molecule has 1 aromatic carbocycles. The molecule has 29 heavy (non-hydrogen) atoms. The first-order valence-corrected chi connectivity index (χ1v) is 10.2. The van der Waals surface area contributed by atoms with E-state index >= 15 is 0 Å². The molecule has 0 bridgehead atoms. The molecule has 150 valence electrons. The van der Waals surface area contributed by atoms with Crippen LogP contribution in [0.3, 0.4) is 0 Å². The summed E-state index contributed by atoms with van der Waals surface area (Å²) in [5, 5.41) is 11.4. The Balaban J connectivity index is 1.47. The Labute approximate surface area is 175 Å². The molecule has 3 heterocycles. The van der Waals surface area contributed by atoms with E-state index in [1.54, 1.807) is 0 Å². The highest BCUT2D eigenvalue weighted by Crippen LogP contribution is 2.29. The molecule has 0 unspecified atom stereocenters. The van der Waals surface area contributed by atoms with Crippen LogP contribution in [-0.2, 0) is 11.3 Å². The van der Waals surface area contributed by atoms with Crippen LogP contribution in [0.4, 0.5) is 4.79 Å². The van der Waals surface area contributed by atoms with Gasteiger partial charge in [-0.2, -0.15) is 5.10 Å². The van der Waals surface area contributed by atoms with Crippen LogP contribution in [0.1, 0.15) is 20.9 Å². The Kier molecular flexibility index (Phi) is 5.25. The minimum absolute atomic E-state index is 0.00427. The predicted octanol–water partition coefficient (Wildman–Crippen LogP) is 2.39. The van der Waals surface area contributed by atoms with Crippen molar-refractivity contribution in [3.05, 3.63) is 51.5 Å². The lowest BCUT2D eigenvalue weighted by atomic mass is 10.2. The largest absolute Gasteiger partial charge is 0.350 e. The summed E-state index contributed by atoms with van der Waals surface area (Å²) in [6.07, 6.45) is 0. The van der Waals surface area contributed by atoms with Gasteiger partial charge in [-0.1, -0.05) is 29.8 Å². The van der Waals surface area contributed by atoms with Crippen LogP contribution in [0.25, 0.3) is 10.2 Å². The third-order valence-corrected chi connectivity index (χ3v) is 6.18.